The van der Waals surface area contributed by atoms with E-state index in [1.165, 1.54) is 0 Å². The van der Waals surface area contributed by atoms with Crippen LogP contribution in [0, 0.1) is 5.92 Å². The number of amides is 1. The van der Waals surface area contributed by atoms with Crippen LogP contribution in [0.3, 0.4) is 0 Å². The molecule has 0 aromatic rings. The quantitative estimate of drug-likeness (QED) is 0.461. The van der Waals surface area contributed by atoms with Gasteiger partial charge in [-0.25, -0.2) is 0 Å². The lowest BCUT2D eigenvalue weighted by molar-refractivity contribution is -0.133. The van der Waals surface area contributed by atoms with Gasteiger partial charge in [0.25, 0.3) is 0 Å². The Labute approximate surface area is 113 Å². The van der Waals surface area contributed by atoms with Gasteiger partial charge < -0.3 is 4.90 Å². The molecule has 0 atom stereocenters. The summed E-state index contributed by atoms with van der Waals surface area (Å²) >= 11 is 4.49. The van der Waals surface area contributed by atoms with Crippen molar-refractivity contribution in [1.82, 2.24) is 4.90 Å². The monoisotopic (exact) mass is 445 g/mol. The fraction of sp³-hybridized carbons (Fsp3) is 0.857. The second kappa shape index (κ2) is 8.90. The first-order valence-electron chi connectivity index (χ1n) is 3.89. The fourth-order valence-electron chi connectivity index (χ4n) is 0.807. The van der Waals surface area contributed by atoms with Gasteiger partial charge in [0.15, 0.2) is 0 Å². The Balaban J connectivity index is 3.99. The predicted molar refractivity (Wildman–Crippen MR) is 79.5 cm³/mol. The average Bonchev–Trinajstić information content (AvgIpc) is 2.11. The largest absolute Gasteiger partial charge is 0.332 e. The summed E-state index contributed by atoms with van der Waals surface area (Å²) in [5.41, 5.74) is 0. The van der Waals surface area contributed by atoms with Crippen LogP contribution in [0.25, 0.3) is 0 Å². The molecule has 2 nitrogen and oxygen atoms in total. The van der Waals surface area contributed by atoms with Crippen molar-refractivity contribution in [2.75, 3.05) is 18.2 Å². The van der Waals surface area contributed by atoms with Gasteiger partial charge in [-0.3, -0.25) is 4.79 Å². The standard InChI is InChI=1S/C7H13I2NOS2/c1-6(2)7(11)10(5-13-9)3-4-12-8/h6H,3-5H2,1-2H3. The van der Waals surface area contributed by atoms with Crippen LogP contribution in [0.2, 0.25) is 0 Å². The van der Waals surface area contributed by atoms with E-state index in [0.29, 0.717) is 0 Å². The summed E-state index contributed by atoms with van der Waals surface area (Å²) in [4.78, 5) is 13.6. The molecule has 0 fully saturated rings. The van der Waals surface area contributed by atoms with Crippen LogP contribution < -0.4 is 0 Å². The Morgan fingerprint density at radius 3 is 2.38 bits per heavy atom. The minimum absolute atomic E-state index is 0.114. The van der Waals surface area contributed by atoms with Crippen LogP contribution >= 0.6 is 60.3 Å². The van der Waals surface area contributed by atoms with E-state index < -0.39 is 0 Å². The molecule has 0 unspecified atom stereocenters. The molecule has 1 amide bonds. The third-order valence-corrected chi connectivity index (χ3v) is 4.35. The van der Waals surface area contributed by atoms with E-state index in [2.05, 4.69) is 42.4 Å². The predicted octanol–water partition coefficient (Wildman–Crippen LogP) is 3.59. The van der Waals surface area contributed by atoms with Crippen molar-refractivity contribution in [3.05, 3.63) is 0 Å². The lowest BCUT2D eigenvalue weighted by Gasteiger charge is -2.22. The van der Waals surface area contributed by atoms with E-state index in [1.807, 2.05) is 18.7 Å². The molecule has 78 valence electrons. The van der Waals surface area contributed by atoms with Crippen molar-refractivity contribution in [1.29, 1.82) is 0 Å². The van der Waals surface area contributed by atoms with Crippen molar-refractivity contribution in [3.8, 4) is 0 Å². The van der Waals surface area contributed by atoms with Gasteiger partial charge in [0.1, 0.15) is 0 Å². The van der Waals surface area contributed by atoms with Crippen LogP contribution in [0.1, 0.15) is 13.8 Å². The summed E-state index contributed by atoms with van der Waals surface area (Å²) in [5, 5.41) is 0. The Kier molecular flexibility index (Phi) is 10.0. The molecule has 0 aromatic carbocycles. The van der Waals surface area contributed by atoms with Gasteiger partial charge in [0, 0.05) is 18.2 Å². The molecule has 0 saturated carbocycles. The smallest absolute Gasteiger partial charge is 0.225 e. The lowest BCUT2D eigenvalue weighted by atomic mass is 10.2. The number of nitrogens with zero attached hydrogens (tertiary/aromatic N) is 1. The molecule has 0 radical (unpaired) electrons. The van der Waals surface area contributed by atoms with Gasteiger partial charge in [0.05, 0.1) is 5.88 Å². The van der Waals surface area contributed by atoms with Gasteiger partial charge in [-0.2, -0.15) is 0 Å². The van der Waals surface area contributed by atoms with E-state index in [-0.39, 0.29) is 11.8 Å². The maximum absolute atomic E-state index is 11.6. The Hall–Kier alpha value is 1.63. The highest BCUT2D eigenvalue weighted by Crippen LogP contribution is 2.17. The molecule has 0 heterocycles. The van der Waals surface area contributed by atoms with E-state index in [4.69, 9.17) is 0 Å². The summed E-state index contributed by atoms with van der Waals surface area (Å²) in [7, 11) is 3.42. The number of hydrogen-bond acceptors (Lipinski definition) is 3. The zero-order valence-electron chi connectivity index (χ0n) is 7.63. The molecule has 0 aliphatic carbocycles. The topological polar surface area (TPSA) is 20.3 Å². The van der Waals surface area contributed by atoms with Gasteiger partial charge >= 0.3 is 0 Å². The van der Waals surface area contributed by atoms with Crippen LogP contribution in [0.5, 0.6) is 0 Å². The average molecular weight is 445 g/mol. The van der Waals surface area contributed by atoms with Crippen LogP contribution in [-0.2, 0) is 4.79 Å². The van der Waals surface area contributed by atoms with Gasteiger partial charge in [-0.15, -0.1) is 0 Å². The minimum atomic E-state index is 0.114. The number of carbonyl (C=O) groups excluding carboxylic acids is 1. The molecular formula is C7H13I2NOS2. The molecule has 0 aliphatic rings. The first-order valence-corrected chi connectivity index (χ1v) is 10.9. The summed E-state index contributed by atoms with van der Waals surface area (Å²) < 4.78 is 0. The van der Waals surface area contributed by atoms with E-state index in [1.54, 1.807) is 17.9 Å². The molecule has 0 aliphatic heterocycles. The second-order valence-corrected chi connectivity index (χ2v) is 7.65. The Morgan fingerprint density at radius 1 is 1.38 bits per heavy atom. The molecule has 0 aromatic heterocycles. The summed E-state index contributed by atoms with van der Waals surface area (Å²) in [6.45, 7) is 4.76. The first-order chi connectivity index (χ1) is 6.13. The van der Waals surface area contributed by atoms with Gasteiger partial charge in [-0.05, 0) is 42.4 Å². The van der Waals surface area contributed by atoms with Gasteiger partial charge in [0.2, 0.25) is 5.91 Å². The Bertz CT molecular complexity index is 157. The Morgan fingerprint density at radius 2 is 2.00 bits per heavy atom. The number of rotatable bonds is 6. The van der Waals surface area contributed by atoms with Crippen molar-refractivity contribution < 1.29 is 4.79 Å². The van der Waals surface area contributed by atoms with Crippen LogP contribution in [-0.4, -0.2) is 29.0 Å². The number of hydrogen-bond donors (Lipinski definition) is 0. The molecule has 6 heteroatoms. The highest BCUT2D eigenvalue weighted by molar-refractivity contribution is 14.2. The van der Waals surface area contributed by atoms with E-state index in [0.717, 1.165) is 18.2 Å². The van der Waals surface area contributed by atoms with Crippen LogP contribution in [0.4, 0.5) is 0 Å². The maximum atomic E-state index is 11.6. The number of carbonyl (C=O) groups is 1. The van der Waals surface area contributed by atoms with Crippen LogP contribution in [0.15, 0.2) is 0 Å². The molecule has 0 rings (SSSR count). The molecule has 0 N–H and O–H groups in total. The van der Waals surface area contributed by atoms with E-state index >= 15 is 0 Å². The van der Waals surface area contributed by atoms with E-state index in [9.17, 15) is 4.79 Å². The van der Waals surface area contributed by atoms with Crippen molar-refractivity contribution in [3.63, 3.8) is 0 Å². The van der Waals surface area contributed by atoms with Gasteiger partial charge in [-0.1, -0.05) is 31.7 Å². The third kappa shape index (κ3) is 6.67. The molecular weight excluding hydrogens is 432 g/mol. The highest BCUT2D eigenvalue weighted by atomic mass is 127. The second-order valence-electron chi connectivity index (χ2n) is 2.81. The summed E-state index contributed by atoms with van der Waals surface area (Å²) in [6.07, 6.45) is 0. The zero-order valence-corrected chi connectivity index (χ0v) is 13.6. The number of halogens is 2. The minimum Gasteiger partial charge on any atom is -0.332 e. The normalized spacial score (nSPS) is 10.5. The first kappa shape index (κ1) is 14.6. The molecule has 0 saturated heterocycles. The molecule has 0 spiro atoms. The lowest BCUT2D eigenvalue weighted by Crippen LogP contribution is -2.35. The van der Waals surface area contributed by atoms with Crippen molar-refractivity contribution in [2.24, 2.45) is 5.92 Å². The maximum Gasteiger partial charge on any atom is 0.225 e. The summed E-state index contributed by atoms with van der Waals surface area (Å²) in [6, 6.07) is 0. The molecule has 13 heavy (non-hydrogen) atoms. The van der Waals surface area contributed by atoms with Crippen molar-refractivity contribution in [2.45, 2.75) is 13.8 Å². The molecule has 0 bridgehead atoms. The zero-order chi connectivity index (χ0) is 10.3. The highest BCUT2D eigenvalue weighted by Gasteiger charge is 2.15. The SMILES string of the molecule is CC(C)C(=O)N(CCSI)CSI. The van der Waals surface area contributed by atoms with Crippen molar-refractivity contribution >= 4 is 66.2 Å². The summed E-state index contributed by atoms with van der Waals surface area (Å²) in [5.74, 6) is 2.18. The fourth-order valence-corrected chi connectivity index (χ4v) is 3.07. The third-order valence-electron chi connectivity index (χ3n) is 1.45.